The van der Waals surface area contributed by atoms with Crippen molar-refractivity contribution in [3.8, 4) is 0 Å². The second kappa shape index (κ2) is 10.9. The fourth-order valence-electron chi connectivity index (χ4n) is 3.12. The molecule has 0 aliphatic rings. The standard InChI is InChI=1S/C20H31F3O3/c1-4-5-6-7-8-9-10-18(20(24,25-2)26-3)15-16-11-13-17(14-12-16)19(21,22)23/h11-14,18,24H,4-10,15H2,1-3H3. The van der Waals surface area contributed by atoms with Crippen LogP contribution in [0.2, 0.25) is 0 Å². The maximum atomic E-state index is 12.7. The lowest BCUT2D eigenvalue weighted by Crippen LogP contribution is -2.43. The summed E-state index contributed by atoms with van der Waals surface area (Å²) in [5.74, 6) is -2.10. The molecule has 0 radical (unpaired) electrons. The van der Waals surface area contributed by atoms with Crippen molar-refractivity contribution in [3.05, 3.63) is 35.4 Å². The number of hydrogen-bond donors (Lipinski definition) is 1. The third-order valence-corrected chi connectivity index (χ3v) is 4.77. The Morgan fingerprint density at radius 2 is 1.46 bits per heavy atom. The van der Waals surface area contributed by atoms with E-state index in [1.54, 1.807) is 0 Å². The first kappa shape index (κ1) is 22.9. The molecule has 1 aromatic rings. The molecule has 1 aromatic carbocycles. The minimum Gasteiger partial charge on any atom is -0.343 e. The van der Waals surface area contributed by atoms with Crippen molar-refractivity contribution >= 4 is 0 Å². The Balaban J connectivity index is 2.73. The number of methoxy groups -OCH3 is 2. The van der Waals surface area contributed by atoms with Gasteiger partial charge in [-0.25, -0.2) is 0 Å². The normalized spacial score (nSPS) is 13.8. The predicted molar refractivity (Wildman–Crippen MR) is 95.6 cm³/mol. The van der Waals surface area contributed by atoms with E-state index in [0.717, 1.165) is 31.4 Å². The van der Waals surface area contributed by atoms with E-state index in [2.05, 4.69) is 6.92 Å². The summed E-state index contributed by atoms with van der Waals surface area (Å²) in [5.41, 5.74) is 0.0315. The zero-order chi connectivity index (χ0) is 19.6. The number of alkyl halides is 3. The van der Waals surface area contributed by atoms with Gasteiger partial charge in [0, 0.05) is 20.1 Å². The highest BCUT2D eigenvalue weighted by atomic mass is 19.4. The maximum Gasteiger partial charge on any atom is 0.416 e. The van der Waals surface area contributed by atoms with E-state index in [9.17, 15) is 18.3 Å². The highest BCUT2D eigenvalue weighted by Gasteiger charge is 2.37. The Labute approximate surface area is 154 Å². The highest BCUT2D eigenvalue weighted by Crippen LogP contribution is 2.32. The summed E-state index contributed by atoms with van der Waals surface area (Å²) in [6.45, 7) is 2.16. The summed E-state index contributed by atoms with van der Waals surface area (Å²) in [6.07, 6.45) is 3.39. The van der Waals surface area contributed by atoms with Gasteiger partial charge in [0.1, 0.15) is 0 Å². The van der Waals surface area contributed by atoms with Gasteiger partial charge in [-0.1, -0.05) is 57.6 Å². The van der Waals surface area contributed by atoms with Gasteiger partial charge in [-0.05, 0) is 30.5 Å². The van der Waals surface area contributed by atoms with Crippen LogP contribution < -0.4 is 0 Å². The van der Waals surface area contributed by atoms with Gasteiger partial charge in [-0.15, -0.1) is 0 Å². The molecule has 1 atom stereocenters. The van der Waals surface area contributed by atoms with Crippen LogP contribution in [0.4, 0.5) is 13.2 Å². The molecule has 0 saturated heterocycles. The first-order valence-corrected chi connectivity index (χ1v) is 9.25. The van der Waals surface area contributed by atoms with Crippen molar-refractivity contribution in [1.29, 1.82) is 0 Å². The molecular formula is C20H31F3O3. The van der Waals surface area contributed by atoms with Crippen LogP contribution in [0.15, 0.2) is 24.3 Å². The number of rotatable bonds is 12. The molecule has 0 heterocycles. The summed E-state index contributed by atoms with van der Waals surface area (Å²) >= 11 is 0. The van der Waals surface area contributed by atoms with E-state index in [1.807, 2.05) is 0 Å². The predicted octanol–water partition coefficient (Wildman–Crippen LogP) is 5.55. The molecule has 0 aromatic heterocycles. The molecule has 6 heteroatoms. The maximum absolute atomic E-state index is 12.7. The summed E-state index contributed by atoms with van der Waals surface area (Å²) in [5, 5.41) is 10.6. The van der Waals surface area contributed by atoms with Gasteiger partial charge >= 0.3 is 6.18 Å². The molecule has 1 unspecified atom stereocenters. The third kappa shape index (κ3) is 7.25. The van der Waals surface area contributed by atoms with Crippen LogP contribution in [0.3, 0.4) is 0 Å². The van der Waals surface area contributed by atoms with Crippen LogP contribution in [0.1, 0.15) is 63.0 Å². The summed E-state index contributed by atoms with van der Waals surface area (Å²) in [7, 11) is 2.73. The molecule has 3 nitrogen and oxygen atoms in total. The molecule has 0 aliphatic heterocycles. The first-order valence-electron chi connectivity index (χ1n) is 9.25. The second-order valence-corrected chi connectivity index (χ2v) is 6.69. The Kier molecular flexibility index (Phi) is 9.61. The molecule has 1 N–H and O–H groups in total. The van der Waals surface area contributed by atoms with E-state index in [0.29, 0.717) is 18.4 Å². The lowest BCUT2D eigenvalue weighted by Gasteiger charge is -2.33. The number of unbranched alkanes of at least 4 members (excludes halogenated alkanes) is 5. The fourth-order valence-corrected chi connectivity index (χ4v) is 3.12. The minimum absolute atomic E-state index is 0.361. The van der Waals surface area contributed by atoms with Crippen molar-refractivity contribution in [3.63, 3.8) is 0 Å². The van der Waals surface area contributed by atoms with Crippen molar-refractivity contribution in [2.45, 2.75) is 70.4 Å². The highest BCUT2D eigenvalue weighted by molar-refractivity contribution is 5.25. The number of benzene rings is 1. The van der Waals surface area contributed by atoms with E-state index in [-0.39, 0.29) is 5.92 Å². The van der Waals surface area contributed by atoms with E-state index in [4.69, 9.17) is 9.47 Å². The number of ether oxygens (including phenoxy) is 2. The largest absolute Gasteiger partial charge is 0.416 e. The van der Waals surface area contributed by atoms with Crippen molar-refractivity contribution in [2.75, 3.05) is 14.2 Å². The number of hydrogen-bond acceptors (Lipinski definition) is 3. The molecule has 0 saturated carbocycles. The molecule has 150 valence electrons. The summed E-state index contributed by atoms with van der Waals surface area (Å²) in [6, 6.07) is 5.03. The van der Waals surface area contributed by atoms with E-state index >= 15 is 0 Å². The Morgan fingerprint density at radius 1 is 0.923 bits per heavy atom. The van der Waals surface area contributed by atoms with Gasteiger partial charge in [0.25, 0.3) is 5.97 Å². The zero-order valence-electron chi connectivity index (χ0n) is 15.9. The van der Waals surface area contributed by atoms with Crippen LogP contribution in [0.5, 0.6) is 0 Å². The molecule has 0 spiro atoms. The number of aliphatic hydroxyl groups is 1. The van der Waals surface area contributed by atoms with E-state index < -0.39 is 17.7 Å². The van der Waals surface area contributed by atoms with Crippen LogP contribution >= 0.6 is 0 Å². The second-order valence-electron chi connectivity index (χ2n) is 6.69. The van der Waals surface area contributed by atoms with Crippen LogP contribution in [0.25, 0.3) is 0 Å². The quantitative estimate of drug-likeness (QED) is 0.384. The smallest absolute Gasteiger partial charge is 0.343 e. The van der Waals surface area contributed by atoms with Crippen LogP contribution in [-0.4, -0.2) is 25.3 Å². The van der Waals surface area contributed by atoms with Gasteiger partial charge < -0.3 is 14.6 Å². The first-order chi connectivity index (χ1) is 12.3. The van der Waals surface area contributed by atoms with Crippen molar-refractivity contribution in [2.24, 2.45) is 5.92 Å². The minimum atomic E-state index is -4.35. The molecular weight excluding hydrogens is 345 g/mol. The molecule has 0 aliphatic carbocycles. The van der Waals surface area contributed by atoms with E-state index in [1.165, 1.54) is 45.6 Å². The van der Waals surface area contributed by atoms with Crippen molar-refractivity contribution < 1.29 is 27.8 Å². The Morgan fingerprint density at radius 3 is 1.96 bits per heavy atom. The average Bonchev–Trinajstić information content (AvgIpc) is 2.62. The van der Waals surface area contributed by atoms with Gasteiger partial charge in [-0.2, -0.15) is 13.2 Å². The average molecular weight is 376 g/mol. The molecule has 1 rings (SSSR count). The van der Waals surface area contributed by atoms with Crippen LogP contribution in [-0.2, 0) is 22.1 Å². The molecule has 0 bridgehead atoms. The molecule has 0 fully saturated rings. The van der Waals surface area contributed by atoms with Gasteiger partial charge in [0.15, 0.2) is 0 Å². The number of halogens is 3. The molecule has 0 amide bonds. The van der Waals surface area contributed by atoms with Gasteiger partial charge in [-0.3, -0.25) is 0 Å². The summed E-state index contributed by atoms with van der Waals surface area (Å²) in [4.78, 5) is 0. The van der Waals surface area contributed by atoms with Gasteiger partial charge in [0.2, 0.25) is 0 Å². The fraction of sp³-hybridized carbons (Fsp3) is 0.700. The SMILES string of the molecule is CCCCCCCCC(Cc1ccc(C(F)(F)F)cc1)C(O)(OC)OC. The summed E-state index contributed by atoms with van der Waals surface area (Å²) < 4.78 is 48.4. The molecule has 26 heavy (non-hydrogen) atoms. The van der Waals surface area contributed by atoms with Crippen LogP contribution in [0, 0.1) is 5.92 Å². The Bertz CT molecular complexity index is 496. The lowest BCUT2D eigenvalue weighted by molar-refractivity contribution is -0.368. The zero-order valence-corrected chi connectivity index (χ0v) is 15.9. The Hall–Kier alpha value is -1.11. The van der Waals surface area contributed by atoms with Gasteiger partial charge in [0.05, 0.1) is 5.56 Å². The monoisotopic (exact) mass is 376 g/mol. The third-order valence-electron chi connectivity index (χ3n) is 4.77. The topological polar surface area (TPSA) is 38.7 Å². The van der Waals surface area contributed by atoms with Crippen molar-refractivity contribution in [1.82, 2.24) is 0 Å². The lowest BCUT2D eigenvalue weighted by atomic mass is 9.90.